The Morgan fingerprint density at radius 3 is 2.74 bits per heavy atom. The number of carbonyl (C=O) groups is 1. The van der Waals surface area contributed by atoms with Gasteiger partial charge >= 0.3 is 0 Å². The number of aryl methyl sites for hydroxylation is 1. The molecule has 1 unspecified atom stereocenters. The number of H-pyrrole nitrogens is 1. The van der Waals surface area contributed by atoms with Crippen LogP contribution < -0.4 is 10.2 Å². The summed E-state index contributed by atoms with van der Waals surface area (Å²) >= 11 is 1.58. The standard InChI is InChI=1S/C27H27N5O2S/c1-32(2)20-9-7-18(8-10-20)22(23-16-28-24-6-4-3-5-21(23)24)15-29-25(33)11-12-26-30-27(31-34-26)19-13-14-35-17-19/h3-10,13-14,16-17,22,28H,11-12,15H2,1-2H3,(H,29,33). The van der Waals surface area contributed by atoms with Gasteiger partial charge in [0, 0.05) is 73.1 Å². The van der Waals surface area contributed by atoms with Gasteiger partial charge in [-0.2, -0.15) is 16.3 Å². The zero-order valence-corrected chi connectivity index (χ0v) is 20.5. The maximum absolute atomic E-state index is 12.8. The molecule has 0 aliphatic rings. The van der Waals surface area contributed by atoms with Gasteiger partial charge in [-0.15, -0.1) is 0 Å². The summed E-state index contributed by atoms with van der Waals surface area (Å²) in [5, 5.41) is 12.2. The first-order valence-corrected chi connectivity index (χ1v) is 12.5. The summed E-state index contributed by atoms with van der Waals surface area (Å²) in [5.41, 5.74) is 5.46. The van der Waals surface area contributed by atoms with Gasteiger partial charge in [0.15, 0.2) is 0 Å². The predicted molar refractivity (Wildman–Crippen MR) is 140 cm³/mol. The van der Waals surface area contributed by atoms with Gasteiger partial charge in [-0.25, -0.2) is 0 Å². The Bertz CT molecular complexity index is 1400. The molecule has 35 heavy (non-hydrogen) atoms. The number of hydrogen-bond acceptors (Lipinski definition) is 6. The third-order valence-corrected chi connectivity index (χ3v) is 6.81. The molecule has 0 spiro atoms. The van der Waals surface area contributed by atoms with Gasteiger partial charge < -0.3 is 19.7 Å². The molecular formula is C27H27N5O2S. The number of para-hydroxylation sites is 1. The SMILES string of the molecule is CN(C)c1ccc(C(CNC(=O)CCc2nc(-c3ccsc3)no2)c2c[nH]c3ccccc23)cc1. The lowest BCUT2D eigenvalue weighted by molar-refractivity contribution is -0.121. The molecule has 2 N–H and O–H groups in total. The second kappa shape index (κ2) is 10.1. The van der Waals surface area contributed by atoms with Gasteiger partial charge in [0.05, 0.1) is 0 Å². The molecule has 3 heterocycles. The molecular weight excluding hydrogens is 458 g/mol. The van der Waals surface area contributed by atoms with Crippen LogP contribution >= 0.6 is 11.3 Å². The molecule has 178 valence electrons. The molecule has 0 aliphatic heterocycles. The van der Waals surface area contributed by atoms with E-state index in [1.807, 2.05) is 49.3 Å². The minimum Gasteiger partial charge on any atom is -0.378 e. The average molecular weight is 486 g/mol. The Kier molecular flexibility index (Phi) is 6.63. The van der Waals surface area contributed by atoms with Crippen LogP contribution in [0.5, 0.6) is 0 Å². The molecule has 0 radical (unpaired) electrons. The number of nitrogens with zero attached hydrogens (tertiary/aromatic N) is 3. The largest absolute Gasteiger partial charge is 0.378 e. The molecule has 0 bridgehead atoms. The summed E-state index contributed by atoms with van der Waals surface area (Å²) in [7, 11) is 4.05. The first-order valence-electron chi connectivity index (χ1n) is 11.5. The number of anilines is 1. The van der Waals surface area contributed by atoms with Crippen molar-refractivity contribution < 1.29 is 9.32 Å². The van der Waals surface area contributed by atoms with Gasteiger partial charge in [0.1, 0.15) is 0 Å². The minimum atomic E-state index is -0.0463. The van der Waals surface area contributed by atoms with Gasteiger partial charge in [-0.1, -0.05) is 35.5 Å². The Balaban J connectivity index is 1.29. The van der Waals surface area contributed by atoms with Crippen molar-refractivity contribution in [2.75, 3.05) is 25.5 Å². The number of hydrogen-bond donors (Lipinski definition) is 2. The fourth-order valence-electron chi connectivity index (χ4n) is 4.18. The fourth-order valence-corrected chi connectivity index (χ4v) is 4.82. The summed E-state index contributed by atoms with van der Waals surface area (Å²) in [6.07, 6.45) is 2.73. The topological polar surface area (TPSA) is 87.1 Å². The van der Waals surface area contributed by atoms with Crippen LogP contribution in [0.2, 0.25) is 0 Å². The number of amides is 1. The third kappa shape index (κ3) is 5.12. The molecule has 2 aromatic carbocycles. The molecule has 0 aliphatic carbocycles. The number of aromatic amines is 1. The quantitative estimate of drug-likeness (QED) is 0.299. The Labute approximate surface area is 207 Å². The van der Waals surface area contributed by atoms with E-state index in [1.165, 1.54) is 0 Å². The number of nitrogens with one attached hydrogen (secondary N) is 2. The zero-order valence-electron chi connectivity index (χ0n) is 19.7. The van der Waals surface area contributed by atoms with Crippen LogP contribution in [0.15, 0.2) is 76.1 Å². The first-order chi connectivity index (χ1) is 17.1. The van der Waals surface area contributed by atoms with E-state index in [1.54, 1.807) is 11.3 Å². The molecule has 1 amide bonds. The van der Waals surface area contributed by atoms with Crippen molar-refractivity contribution in [3.8, 4) is 11.4 Å². The summed E-state index contributed by atoms with van der Waals surface area (Å²) in [6.45, 7) is 0.492. The predicted octanol–water partition coefficient (Wildman–Crippen LogP) is 5.23. The lowest BCUT2D eigenvalue weighted by Crippen LogP contribution is -2.29. The van der Waals surface area contributed by atoms with E-state index >= 15 is 0 Å². The second-order valence-corrected chi connectivity index (χ2v) is 9.44. The number of aromatic nitrogens is 3. The van der Waals surface area contributed by atoms with E-state index in [2.05, 4.69) is 61.7 Å². The molecule has 0 saturated carbocycles. The number of rotatable bonds is 9. The van der Waals surface area contributed by atoms with Crippen molar-refractivity contribution in [2.45, 2.75) is 18.8 Å². The molecule has 1 atom stereocenters. The number of benzene rings is 2. The number of thiophene rings is 1. The summed E-state index contributed by atoms with van der Waals surface area (Å²) in [6, 6.07) is 18.7. The van der Waals surface area contributed by atoms with Crippen LogP contribution in [-0.2, 0) is 11.2 Å². The molecule has 7 nitrogen and oxygen atoms in total. The first kappa shape index (κ1) is 22.9. The van der Waals surface area contributed by atoms with Crippen molar-refractivity contribution in [1.82, 2.24) is 20.4 Å². The van der Waals surface area contributed by atoms with Crippen LogP contribution in [0.3, 0.4) is 0 Å². The molecule has 5 aromatic rings. The summed E-state index contributed by atoms with van der Waals surface area (Å²) < 4.78 is 5.33. The van der Waals surface area contributed by atoms with Gasteiger partial charge in [0.25, 0.3) is 0 Å². The van der Waals surface area contributed by atoms with Crippen molar-refractivity contribution in [1.29, 1.82) is 0 Å². The zero-order chi connectivity index (χ0) is 24.2. The van der Waals surface area contributed by atoms with Gasteiger partial charge in [-0.05, 0) is 40.8 Å². The maximum Gasteiger partial charge on any atom is 0.227 e. The van der Waals surface area contributed by atoms with E-state index < -0.39 is 0 Å². The monoisotopic (exact) mass is 485 g/mol. The lowest BCUT2D eigenvalue weighted by Gasteiger charge is -2.20. The average Bonchev–Trinajstić information content (AvgIpc) is 3.64. The Morgan fingerprint density at radius 1 is 1.14 bits per heavy atom. The third-order valence-electron chi connectivity index (χ3n) is 6.13. The van der Waals surface area contributed by atoms with E-state index in [0.29, 0.717) is 24.7 Å². The van der Waals surface area contributed by atoms with Crippen LogP contribution in [0, 0.1) is 0 Å². The van der Waals surface area contributed by atoms with Gasteiger partial charge in [-0.3, -0.25) is 4.79 Å². The van der Waals surface area contributed by atoms with E-state index in [0.717, 1.165) is 33.3 Å². The van der Waals surface area contributed by atoms with Crippen molar-refractivity contribution in [2.24, 2.45) is 0 Å². The van der Waals surface area contributed by atoms with Crippen molar-refractivity contribution in [3.63, 3.8) is 0 Å². The van der Waals surface area contributed by atoms with E-state index in [4.69, 9.17) is 4.52 Å². The van der Waals surface area contributed by atoms with E-state index in [9.17, 15) is 4.79 Å². The van der Waals surface area contributed by atoms with Crippen LogP contribution in [-0.4, -0.2) is 41.7 Å². The molecule has 3 aromatic heterocycles. The molecule has 5 rings (SSSR count). The highest BCUT2D eigenvalue weighted by molar-refractivity contribution is 7.08. The second-order valence-electron chi connectivity index (χ2n) is 8.66. The summed E-state index contributed by atoms with van der Waals surface area (Å²) in [4.78, 5) is 22.6. The fraction of sp³-hybridized carbons (Fsp3) is 0.222. The van der Waals surface area contributed by atoms with Crippen LogP contribution in [0.4, 0.5) is 5.69 Å². The van der Waals surface area contributed by atoms with Crippen LogP contribution in [0.1, 0.15) is 29.4 Å². The van der Waals surface area contributed by atoms with Gasteiger partial charge in [0.2, 0.25) is 17.6 Å². The number of carbonyl (C=O) groups excluding carboxylic acids is 1. The highest BCUT2D eigenvalue weighted by Gasteiger charge is 2.20. The number of fused-ring (bicyclic) bond motifs is 1. The maximum atomic E-state index is 12.8. The van der Waals surface area contributed by atoms with Crippen molar-refractivity contribution >= 4 is 33.8 Å². The van der Waals surface area contributed by atoms with Crippen LogP contribution in [0.25, 0.3) is 22.3 Å². The lowest BCUT2D eigenvalue weighted by atomic mass is 9.90. The highest BCUT2D eigenvalue weighted by atomic mass is 32.1. The van der Waals surface area contributed by atoms with E-state index in [-0.39, 0.29) is 18.2 Å². The Hall–Kier alpha value is -3.91. The minimum absolute atomic E-state index is 0.0138. The molecule has 8 heteroatoms. The smallest absolute Gasteiger partial charge is 0.227 e. The normalized spacial score (nSPS) is 12.1. The van der Waals surface area contributed by atoms with Crippen molar-refractivity contribution in [3.05, 3.63) is 88.6 Å². The molecule has 0 fully saturated rings. The Morgan fingerprint density at radius 2 is 1.97 bits per heavy atom. The molecule has 0 saturated heterocycles. The highest BCUT2D eigenvalue weighted by Crippen LogP contribution is 2.31. The summed E-state index contributed by atoms with van der Waals surface area (Å²) in [5.74, 6) is 0.992.